The molecule has 3 saturated carbocycles. The summed E-state index contributed by atoms with van der Waals surface area (Å²) < 4.78 is 24.1. The van der Waals surface area contributed by atoms with Crippen LogP contribution < -0.4 is 0 Å². The molecule has 5 nitrogen and oxygen atoms in total. The van der Waals surface area contributed by atoms with E-state index >= 15 is 0 Å². The van der Waals surface area contributed by atoms with Gasteiger partial charge in [0.1, 0.15) is 13.2 Å². The number of hydrogen-bond donors (Lipinski definition) is 1. The van der Waals surface area contributed by atoms with Gasteiger partial charge in [-0.1, -0.05) is 76.6 Å². The van der Waals surface area contributed by atoms with Crippen molar-refractivity contribution in [1.82, 2.24) is 0 Å². The first kappa shape index (κ1) is 32.5. The molecule has 0 amide bonds. The van der Waals surface area contributed by atoms with Gasteiger partial charge in [-0.15, -0.1) is 0 Å². The van der Waals surface area contributed by atoms with Gasteiger partial charge in [-0.2, -0.15) is 0 Å². The van der Waals surface area contributed by atoms with Crippen molar-refractivity contribution < 1.29 is 23.0 Å². The average Bonchev–Trinajstić information content (AvgIpc) is 3.19. The molecule has 3 fully saturated rings. The van der Waals surface area contributed by atoms with Gasteiger partial charge in [0, 0.05) is 0 Å². The van der Waals surface area contributed by atoms with Crippen LogP contribution in [-0.4, -0.2) is 49.8 Å². The zero-order chi connectivity index (χ0) is 29.0. The predicted molar refractivity (Wildman–Crippen MR) is 163 cm³/mol. The minimum atomic E-state index is -4.08. The lowest BCUT2D eigenvalue weighted by atomic mass is 9.61. The van der Waals surface area contributed by atoms with Gasteiger partial charge in [0.05, 0.1) is 27.2 Å². The van der Waals surface area contributed by atoms with Crippen LogP contribution in [0.5, 0.6) is 0 Å². The molecule has 0 saturated heterocycles. The maximum absolute atomic E-state index is 12.6. The standard InChI is InChI=1S/C33H56NO4P/c1-24(2)25(3)12-13-27(5)31-18-19-32-28(11-10-20-33(31,32)6)15-16-29-23-30(17-14-26(29)4)38-39(35,36)37-22-21-34(7,8)9/h12-13,15-16,24-25,27,30-32H,4,10-11,14,17-23H2,1-3,5-9H3/p+1/t25-,27+,30-,31+,32-,33+/m0/s1. The van der Waals surface area contributed by atoms with Crippen molar-refractivity contribution in [3.05, 3.63) is 47.6 Å². The van der Waals surface area contributed by atoms with Crippen LogP contribution >= 0.6 is 7.82 Å². The summed E-state index contributed by atoms with van der Waals surface area (Å²) in [6.07, 6.45) is 17.6. The third-order valence-corrected chi connectivity index (χ3v) is 11.0. The Kier molecular flexibility index (Phi) is 11.1. The fourth-order valence-corrected chi connectivity index (χ4v) is 7.90. The predicted octanol–water partition coefficient (Wildman–Crippen LogP) is 8.49. The smallest absolute Gasteiger partial charge is 0.329 e. The quantitative estimate of drug-likeness (QED) is 0.156. The lowest BCUT2D eigenvalue weighted by molar-refractivity contribution is -0.870. The largest absolute Gasteiger partial charge is 0.472 e. The molecule has 3 rings (SSSR count). The van der Waals surface area contributed by atoms with Crippen LogP contribution in [0, 0.1) is 35.0 Å². The summed E-state index contributed by atoms with van der Waals surface area (Å²) in [5, 5.41) is 0. The molecule has 0 spiro atoms. The van der Waals surface area contributed by atoms with Gasteiger partial charge in [-0.25, -0.2) is 4.57 Å². The van der Waals surface area contributed by atoms with Crippen LogP contribution in [-0.2, 0) is 13.6 Å². The number of phosphoric acid groups is 1. The van der Waals surface area contributed by atoms with Crippen molar-refractivity contribution in [3.63, 3.8) is 0 Å². The van der Waals surface area contributed by atoms with Crippen LogP contribution in [0.1, 0.15) is 86.0 Å². The molecule has 0 radical (unpaired) electrons. The van der Waals surface area contributed by atoms with E-state index in [9.17, 15) is 9.46 Å². The van der Waals surface area contributed by atoms with E-state index in [1.165, 1.54) is 32.1 Å². The molecule has 7 atom stereocenters. The SMILES string of the molecule is C=C1CC[C@H](OP(=O)(O)OCC[N+](C)(C)C)CC1=CC=C1CCC[C@]2(C)[C@@H]([C@H](C)C=C[C@H](C)C(C)C)CC[C@@H]12. The number of allylic oxidation sites excluding steroid dienone is 6. The lowest BCUT2D eigenvalue weighted by Gasteiger charge is -2.44. The van der Waals surface area contributed by atoms with Crippen molar-refractivity contribution in [1.29, 1.82) is 0 Å². The maximum Gasteiger partial charge on any atom is 0.472 e. The first-order chi connectivity index (χ1) is 18.1. The zero-order valence-electron chi connectivity index (χ0n) is 26.1. The first-order valence-electron chi connectivity index (χ1n) is 15.3. The molecule has 3 aliphatic rings. The normalized spacial score (nSPS) is 33.6. The number of nitrogens with zero attached hydrogens (tertiary/aromatic N) is 1. The van der Waals surface area contributed by atoms with Crippen LogP contribution in [0.15, 0.2) is 47.6 Å². The molecular formula is C33H57NO4P+. The zero-order valence-corrected chi connectivity index (χ0v) is 27.0. The van der Waals surface area contributed by atoms with E-state index in [0.29, 0.717) is 53.0 Å². The molecule has 3 aliphatic carbocycles. The van der Waals surface area contributed by atoms with Crippen molar-refractivity contribution in [3.8, 4) is 0 Å². The summed E-state index contributed by atoms with van der Waals surface area (Å²) in [4.78, 5) is 10.3. The Labute approximate surface area is 239 Å². The molecule has 6 heteroatoms. The third kappa shape index (κ3) is 9.01. The monoisotopic (exact) mass is 562 g/mol. The van der Waals surface area contributed by atoms with E-state index < -0.39 is 7.82 Å². The minimum Gasteiger partial charge on any atom is -0.329 e. The van der Waals surface area contributed by atoms with Crippen LogP contribution in [0.25, 0.3) is 0 Å². The summed E-state index contributed by atoms with van der Waals surface area (Å²) in [6.45, 7) is 17.1. The summed E-state index contributed by atoms with van der Waals surface area (Å²) in [5.41, 5.74) is 4.20. The second-order valence-electron chi connectivity index (χ2n) is 14.3. The highest BCUT2D eigenvalue weighted by atomic mass is 31.2. The summed E-state index contributed by atoms with van der Waals surface area (Å²) in [5.74, 6) is 3.28. The van der Waals surface area contributed by atoms with E-state index in [1.807, 2.05) is 21.1 Å². The number of phosphoric ester groups is 1. The summed E-state index contributed by atoms with van der Waals surface area (Å²) >= 11 is 0. The van der Waals surface area contributed by atoms with Crippen molar-refractivity contribution in [2.24, 2.45) is 35.0 Å². The van der Waals surface area contributed by atoms with Crippen LogP contribution in [0.2, 0.25) is 0 Å². The van der Waals surface area contributed by atoms with Crippen molar-refractivity contribution >= 4 is 7.82 Å². The molecule has 0 aromatic carbocycles. The Balaban J connectivity index is 1.66. The maximum atomic E-state index is 12.6. The Morgan fingerprint density at radius 3 is 2.49 bits per heavy atom. The van der Waals surface area contributed by atoms with E-state index in [1.54, 1.807) is 5.57 Å². The summed E-state index contributed by atoms with van der Waals surface area (Å²) in [7, 11) is 1.99. The molecule has 0 aromatic rings. The first-order valence-corrected chi connectivity index (χ1v) is 16.8. The second-order valence-corrected chi connectivity index (χ2v) is 15.7. The molecule has 1 unspecified atom stereocenters. The fraction of sp³-hybridized carbons (Fsp3) is 0.758. The average molecular weight is 563 g/mol. The molecule has 222 valence electrons. The second kappa shape index (κ2) is 13.3. The van der Waals surface area contributed by atoms with E-state index in [0.717, 1.165) is 23.5 Å². The van der Waals surface area contributed by atoms with E-state index in [-0.39, 0.29) is 12.7 Å². The molecule has 1 N–H and O–H groups in total. The van der Waals surface area contributed by atoms with E-state index in [2.05, 4.69) is 65.5 Å². The van der Waals surface area contributed by atoms with Gasteiger partial charge in [-0.05, 0) is 91.9 Å². The van der Waals surface area contributed by atoms with Crippen molar-refractivity contribution in [2.75, 3.05) is 34.3 Å². The van der Waals surface area contributed by atoms with E-state index in [4.69, 9.17) is 9.05 Å². The Morgan fingerprint density at radius 2 is 1.82 bits per heavy atom. The number of hydrogen-bond acceptors (Lipinski definition) is 3. The molecule has 0 heterocycles. The summed E-state index contributed by atoms with van der Waals surface area (Å²) in [6, 6.07) is 0. The Bertz CT molecular complexity index is 990. The molecular weight excluding hydrogens is 505 g/mol. The number of fused-ring (bicyclic) bond motifs is 1. The number of quaternary nitrogens is 1. The molecule has 39 heavy (non-hydrogen) atoms. The van der Waals surface area contributed by atoms with Gasteiger partial charge in [0.25, 0.3) is 0 Å². The fourth-order valence-electron chi connectivity index (χ4n) is 6.97. The third-order valence-electron chi connectivity index (χ3n) is 9.91. The molecule has 0 aromatic heterocycles. The Hall–Kier alpha value is -0.970. The van der Waals surface area contributed by atoms with Gasteiger partial charge in [-0.3, -0.25) is 9.05 Å². The van der Waals surface area contributed by atoms with Gasteiger partial charge in [0.15, 0.2) is 0 Å². The van der Waals surface area contributed by atoms with Crippen LogP contribution in [0.3, 0.4) is 0 Å². The van der Waals surface area contributed by atoms with Gasteiger partial charge >= 0.3 is 7.82 Å². The highest BCUT2D eigenvalue weighted by Gasteiger charge is 2.50. The van der Waals surface area contributed by atoms with Crippen LogP contribution in [0.4, 0.5) is 0 Å². The van der Waals surface area contributed by atoms with Gasteiger partial charge in [0.2, 0.25) is 0 Å². The highest BCUT2D eigenvalue weighted by Crippen LogP contribution is 2.59. The Morgan fingerprint density at radius 1 is 1.10 bits per heavy atom. The number of likely N-dealkylation sites (N-methyl/N-ethyl adjacent to an activating group) is 1. The topological polar surface area (TPSA) is 55.8 Å². The highest BCUT2D eigenvalue weighted by molar-refractivity contribution is 7.47. The minimum absolute atomic E-state index is 0.192. The number of rotatable bonds is 11. The molecule has 0 aliphatic heterocycles. The van der Waals surface area contributed by atoms with Crippen molar-refractivity contribution in [2.45, 2.75) is 92.1 Å². The molecule has 0 bridgehead atoms. The van der Waals surface area contributed by atoms with Gasteiger partial charge < -0.3 is 9.38 Å². The lowest BCUT2D eigenvalue weighted by Crippen LogP contribution is -2.37.